The molecule has 0 saturated carbocycles. The molecule has 1 unspecified atom stereocenters. The molecule has 1 aliphatic rings. The Morgan fingerprint density at radius 3 is 2.46 bits per heavy atom. The van der Waals surface area contributed by atoms with Crippen molar-refractivity contribution in [1.29, 1.82) is 0 Å². The molecule has 7 nitrogen and oxygen atoms in total. The topological polar surface area (TPSA) is 108 Å². The van der Waals surface area contributed by atoms with Crippen LogP contribution in [0.5, 0.6) is 11.5 Å². The first kappa shape index (κ1) is 16.3. The summed E-state index contributed by atoms with van der Waals surface area (Å²) in [5.41, 5.74) is 0.743. The van der Waals surface area contributed by atoms with Crippen molar-refractivity contribution in [3.8, 4) is 11.5 Å². The highest BCUT2D eigenvalue weighted by atomic mass is 32.2. The maximum Gasteiger partial charge on any atom is 0.264 e. The normalized spacial score (nSPS) is 16.5. The van der Waals surface area contributed by atoms with Gasteiger partial charge in [-0.25, -0.2) is 13.6 Å². The highest BCUT2D eigenvalue weighted by molar-refractivity contribution is 7.89. The Labute approximate surface area is 139 Å². The Balaban J connectivity index is 1.58. The molecule has 3 rings (SSSR count). The van der Waals surface area contributed by atoms with Gasteiger partial charge in [0, 0.05) is 6.54 Å². The van der Waals surface area contributed by atoms with E-state index in [1.807, 2.05) is 6.07 Å². The number of primary sulfonamides is 1. The average molecular weight is 348 g/mol. The molecule has 1 atom stereocenters. The molecule has 0 aromatic heterocycles. The van der Waals surface area contributed by atoms with Gasteiger partial charge in [-0.2, -0.15) is 0 Å². The number of sulfonamides is 1. The van der Waals surface area contributed by atoms with E-state index in [9.17, 15) is 13.2 Å². The molecule has 3 N–H and O–H groups in total. The zero-order valence-electron chi connectivity index (χ0n) is 12.6. The molecule has 1 heterocycles. The Hall–Kier alpha value is -2.58. The molecule has 2 aromatic carbocycles. The van der Waals surface area contributed by atoms with Gasteiger partial charge in [-0.15, -0.1) is 0 Å². The summed E-state index contributed by atoms with van der Waals surface area (Å²) in [6, 6.07) is 13.1. The largest absolute Gasteiger partial charge is 0.485 e. The van der Waals surface area contributed by atoms with Crippen molar-refractivity contribution in [1.82, 2.24) is 5.32 Å². The molecule has 126 valence electrons. The molecule has 0 spiro atoms. The maximum absolute atomic E-state index is 12.2. The van der Waals surface area contributed by atoms with Gasteiger partial charge in [0.05, 0.1) is 4.90 Å². The fraction of sp³-hybridized carbons (Fsp3) is 0.188. The van der Waals surface area contributed by atoms with Crippen LogP contribution < -0.4 is 19.9 Å². The van der Waals surface area contributed by atoms with Crippen LogP contribution in [0.1, 0.15) is 5.56 Å². The number of nitrogens with one attached hydrogen (secondary N) is 1. The third kappa shape index (κ3) is 3.66. The number of ether oxygens (including phenoxy) is 2. The third-order valence-corrected chi connectivity index (χ3v) is 4.45. The van der Waals surface area contributed by atoms with Crippen molar-refractivity contribution in [3.05, 3.63) is 54.1 Å². The highest BCUT2D eigenvalue weighted by Crippen LogP contribution is 2.30. The van der Waals surface area contributed by atoms with Crippen LogP contribution in [0.3, 0.4) is 0 Å². The van der Waals surface area contributed by atoms with Crippen LogP contribution in [0.15, 0.2) is 53.4 Å². The maximum atomic E-state index is 12.2. The standard InChI is InChI=1S/C16H16N2O5S/c17-24(20,21)12-7-5-11(6-8-12)9-18-16(19)15-10-22-13-3-1-2-4-14(13)23-15/h1-8,15H,9-10H2,(H,18,19)(H2,17,20,21). The van der Waals surface area contributed by atoms with E-state index in [4.69, 9.17) is 14.6 Å². The molecule has 8 heteroatoms. The van der Waals surface area contributed by atoms with E-state index in [0.717, 1.165) is 5.56 Å². The smallest absolute Gasteiger partial charge is 0.264 e. The van der Waals surface area contributed by atoms with Crippen molar-refractivity contribution < 1.29 is 22.7 Å². The average Bonchev–Trinajstić information content (AvgIpc) is 2.59. The number of hydrogen-bond acceptors (Lipinski definition) is 5. The SMILES string of the molecule is NS(=O)(=O)c1ccc(CNC(=O)C2COc3ccccc3O2)cc1. The Morgan fingerprint density at radius 1 is 1.12 bits per heavy atom. The number of carbonyl (C=O) groups excluding carboxylic acids is 1. The summed E-state index contributed by atoms with van der Waals surface area (Å²) in [7, 11) is -3.72. The second-order valence-electron chi connectivity index (χ2n) is 5.27. The van der Waals surface area contributed by atoms with E-state index in [1.54, 1.807) is 30.3 Å². The van der Waals surface area contributed by atoms with Gasteiger partial charge in [0.25, 0.3) is 5.91 Å². The quantitative estimate of drug-likeness (QED) is 0.849. The monoisotopic (exact) mass is 348 g/mol. The fourth-order valence-corrected chi connectivity index (χ4v) is 2.76. The molecule has 0 radical (unpaired) electrons. The lowest BCUT2D eigenvalue weighted by molar-refractivity contribution is -0.130. The first-order chi connectivity index (χ1) is 11.4. The summed E-state index contributed by atoms with van der Waals surface area (Å²) in [5.74, 6) is 0.835. The van der Waals surface area contributed by atoms with Crippen LogP contribution in [0, 0.1) is 0 Å². The van der Waals surface area contributed by atoms with Gasteiger partial charge in [-0.3, -0.25) is 4.79 Å². The summed E-state index contributed by atoms with van der Waals surface area (Å²) in [6.45, 7) is 0.373. The van der Waals surface area contributed by atoms with Gasteiger partial charge in [-0.1, -0.05) is 24.3 Å². The number of rotatable bonds is 4. The lowest BCUT2D eigenvalue weighted by Gasteiger charge is -2.25. The van der Waals surface area contributed by atoms with Crippen LogP contribution in [-0.2, 0) is 21.4 Å². The van der Waals surface area contributed by atoms with Gasteiger partial charge in [0.1, 0.15) is 6.61 Å². The van der Waals surface area contributed by atoms with E-state index in [-0.39, 0.29) is 24.0 Å². The number of fused-ring (bicyclic) bond motifs is 1. The molecule has 0 fully saturated rings. The van der Waals surface area contributed by atoms with Gasteiger partial charge >= 0.3 is 0 Å². The Bertz CT molecular complexity index is 849. The second-order valence-corrected chi connectivity index (χ2v) is 6.83. The van der Waals surface area contributed by atoms with Gasteiger partial charge in [0.15, 0.2) is 11.5 Å². The summed E-state index contributed by atoms with van der Waals surface area (Å²) in [4.78, 5) is 12.2. The van der Waals surface area contributed by atoms with Crippen LogP contribution in [0.25, 0.3) is 0 Å². The molecule has 0 bridgehead atoms. The summed E-state index contributed by atoms with van der Waals surface area (Å²) >= 11 is 0. The predicted molar refractivity (Wildman–Crippen MR) is 86.0 cm³/mol. The number of amides is 1. The van der Waals surface area contributed by atoms with Crippen molar-refractivity contribution in [2.75, 3.05) is 6.61 Å². The predicted octanol–water partition coefficient (Wildman–Crippen LogP) is 0.790. The molecular weight excluding hydrogens is 332 g/mol. The van der Waals surface area contributed by atoms with Crippen LogP contribution in [0.4, 0.5) is 0 Å². The Morgan fingerprint density at radius 2 is 1.79 bits per heavy atom. The van der Waals surface area contributed by atoms with Gasteiger partial charge < -0.3 is 14.8 Å². The molecule has 1 aliphatic heterocycles. The minimum Gasteiger partial charge on any atom is -0.485 e. The van der Waals surface area contributed by atoms with E-state index in [1.165, 1.54) is 12.1 Å². The second kappa shape index (κ2) is 6.50. The fourth-order valence-electron chi connectivity index (χ4n) is 2.25. The van der Waals surface area contributed by atoms with Crippen molar-refractivity contribution in [2.45, 2.75) is 17.5 Å². The van der Waals surface area contributed by atoms with E-state index in [2.05, 4.69) is 5.32 Å². The zero-order valence-corrected chi connectivity index (χ0v) is 13.5. The van der Waals surface area contributed by atoms with Crippen LogP contribution in [-0.4, -0.2) is 27.0 Å². The zero-order chi connectivity index (χ0) is 17.2. The van der Waals surface area contributed by atoms with Gasteiger partial charge in [-0.05, 0) is 29.8 Å². The molecule has 0 aliphatic carbocycles. The van der Waals surface area contributed by atoms with Crippen molar-refractivity contribution in [3.63, 3.8) is 0 Å². The number of nitrogens with two attached hydrogens (primary N) is 1. The molecule has 2 aromatic rings. The molecule has 0 saturated heterocycles. The first-order valence-electron chi connectivity index (χ1n) is 7.21. The minimum absolute atomic E-state index is 0.0261. The lowest BCUT2D eigenvalue weighted by atomic mass is 10.2. The highest BCUT2D eigenvalue weighted by Gasteiger charge is 2.26. The number of benzene rings is 2. The van der Waals surface area contributed by atoms with Gasteiger partial charge in [0.2, 0.25) is 16.1 Å². The van der Waals surface area contributed by atoms with E-state index >= 15 is 0 Å². The molecular formula is C16H16N2O5S. The number of carbonyl (C=O) groups is 1. The lowest BCUT2D eigenvalue weighted by Crippen LogP contribution is -2.43. The van der Waals surface area contributed by atoms with E-state index < -0.39 is 16.1 Å². The van der Waals surface area contributed by atoms with Crippen LogP contribution >= 0.6 is 0 Å². The molecule has 1 amide bonds. The number of para-hydroxylation sites is 2. The van der Waals surface area contributed by atoms with E-state index in [0.29, 0.717) is 11.5 Å². The van der Waals surface area contributed by atoms with Crippen molar-refractivity contribution in [2.24, 2.45) is 5.14 Å². The summed E-state index contributed by atoms with van der Waals surface area (Å²) in [5, 5.41) is 7.77. The Kier molecular flexibility index (Phi) is 4.41. The first-order valence-corrected chi connectivity index (χ1v) is 8.76. The number of hydrogen-bond donors (Lipinski definition) is 2. The third-order valence-electron chi connectivity index (χ3n) is 3.52. The summed E-state index contributed by atoms with van der Waals surface area (Å²) < 4.78 is 33.5. The van der Waals surface area contributed by atoms with Crippen LogP contribution in [0.2, 0.25) is 0 Å². The minimum atomic E-state index is -3.72. The summed E-state index contributed by atoms with van der Waals surface area (Å²) in [6.07, 6.45) is -0.733. The van der Waals surface area contributed by atoms with Crippen molar-refractivity contribution >= 4 is 15.9 Å². The molecule has 24 heavy (non-hydrogen) atoms.